The van der Waals surface area contributed by atoms with Gasteiger partial charge in [0.1, 0.15) is 0 Å². The van der Waals surface area contributed by atoms with Gasteiger partial charge in [-0.25, -0.2) is 0 Å². The van der Waals surface area contributed by atoms with E-state index in [4.69, 9.17) is 10.5 Å². The Labute approximate surface area is 119 Å². The molecule has 2 rings (SSSR count). The second kappa shape index (κ2) is 7.71. The maximum absolute atomic E-state index is 9.84. The highest BCUT2D eigenvalue weighted by Gasteiger charge is 2.25. The number of ether oxygens (including phenoxy) is 1. The van der Waals surface area contributed by atoms with Crippen molar-refractivity contribution in [3.63, 3.8) is 0 Å². The lowest BCUT2D eigenvalue weighted by atomic mass is 9.95. The summed E-state index contributed by atoms with van der Waals surface area (Å²) in [4.78, 5) is 0. The Morgan fingerprint density at radius 3 is 2.80 bits per heavy atom. The van der Waals surface area contributed by atoms with Crippen molar-refractivity contribution in [1.29, 1.82) is 0 Å². The molecule has 5 nitrogen and oxygen atoms in total. The van der Waals surface area contributed by atoms with Gasteiger partial charge in [0, 0.05) is 13.1 Å². The van der Waals surface area contributed by atoms with Gasteiger partial charge in [0.25, 0.3) is 0 Å². The van der Waals surface area contributed by atoms with Gasteiger partial charge in [-0.15, -0.1) is 0 Å². The predicted octanol–water partition coefficient (Wildman–Crippen LogP) is 0.831. The second-order valence-electron chi connectivity index (χ2n) is 5.28. The fraction of sp³-hybridized carbons (Fsp3) is 0.600. The molecule has 1 saturated carbocycles. The Morgan fingerprint density at radius 2 is 2.05 bits per heavy atom. The van der Waals surface area contributed by atoms with Gasteiger partial charge in [-0.05, 0) is 24.0 Å². The Hall–Kier alpha value is -0.980. The molecule has 5 N–H and O–H groups in total. The van der Waals surface area contributed by atoms with Crippen LogP contribution in [0.25, 0.3) is 0 Å². The second-order valence-corrected chi connectivity index (χ2v) is 5.28. The average molecular weight is 280 g/mol. The molecule has 0 aromatic heterocycles. The topological polar surface area (TPSA) is 87.7 Å². The third-order valence-electron chi connectivity index (χ3n) is 3.68. The number of aliphatic hydroxyl groups is 2. The minimum absolute atomic E-state index is 0.276. The Bertz CT molecular complexity index is 414. The summed E-state index contributed by atoms with van der Waals surface area (Å²) in [6, 6.07) is 7.87. The van der Waals surface area contributed by atoms with E-state index in [0.717, 1.165) is 36.8 Å². The number of nitrogens with one attached hydrogen (secondary N) is 1. The van der Waals surface area contributed by atoms with Crippen molar-refractivity contribution in [2.24, 2.45) is 5.73 Å². The van der Waals surface area contributed by atoms with E-state index in [1.165, 1.54) is 0 Å². The fourth-order valence-electron chi connectivity index (χ4n) is 2.52. The highest BCUT2D eigenvalue weighted by Crippen LogP contribution is 2.21. The van der Waals surface area contributed by atoms with E-state index in [1.807, 2.05) is 24.3 Å². The van der Waals surface area contributed by atoms with Crippen LogP contribution in [0.3, 0.4) is 0 Å². The molecule has 20 heavy (non-hydrogen) atoms. The highest BCUT2D eigenvalue weighted by atomic mass is 16.6. The zero-order chi connectivity index (χ0) is 14.4. The molecule has 1 aromatic carbocycles. The molecular formula is C15H24N2O3. The molecular weight excluding hydrogens is 256 g/mol. The zero-order valence-electron chi connectivity index (χ0n) is 11.7. The van der Waals surface area contributed by atoms with E-state index in [9.17, 15) is 10.2 Å². The average Bonchev–Trinajstić information content (AvgIpc) is 2.48. The Morgan fingerprint density at radius 1 is 1.30 bits per heavy atom. The minimum Gasteiger partial charge on any atom is -0.390 e. The van der Waals surface area contributed by atoms with Crippen molar-refractivity contribution in [3.05, 3.63) is 35.4 Å². The van der Waals surface area contributed by atoms with Gasteiger partial charge in [0.2, 0.25) is 6.41 Å². The summed E-state index contributed by atoms with van der Waals surface area (Å²) in [5.74, 6) is 0. The van der Waals surface area contributed by atoms with Crippen LogP contribution < -0.4 is 11.1 Å². The molecule has 1 fully saturated rings. The number of hydrogen-bond acceptors (Lipinski definition) is 5. The monoisotopic (exact) mass is 280 g/mol. The Balaban J connectivity index is 1.77. The van der Waals surface area contributed by atoms with Gasteiger partial charge in [-0.1, -0.05) is 37.1 Å². The SMILES string of the molecule is NCc1cccc(CNC(O)OC2CCCCC2O)c1. The molecule has 0 bridgehead atoms. The standard InChI is InChI=1S/C15H24N2O3/c16-9-11-4-3-5-12(8-11)10-17-15(19)20-14-7-2-1-6-13(14)18/h3-5,8,13-15,17-19H,1-2,6-7,9-10,16H2. The largest absolute Gasteiger partial charge is 0.390 e. The number of aliphatic hydroxyl groups excluding tert-OH is 2. The molecule has 3 unspecified atom stereocenters. The number of nitrogens with two attached hydrogens (primary N) is 1. The molecule has 0 spiro atoms. The Kier molecular flexibility index (Phi) is 5.94. The summed E-state index contributed by atoms with van der Waals surface area (Å²) in [5.41, 5.74) is 7.69. The van der Waals surface area contributed by atoms with Crippen molar-refractivity contribution in [1.82, 2.24) is 5.32 Å². The summed E-state index contributed by atoms with van der Waals surface area (Å²) in [6.07, 6.45) is 1.79. The summed E-state index contributed by atoms with van der Waals surface area (Å²) in [5, 5.41) is 22.5. The fourth-order valence-corrected chi connectivity index (χ4v) is 2.52. The van der Waals surface area contributed by atoms with Crippen molar-refractivity contribution in [2.75, 3.05) is 0 Å². The molecule has 0 heterocycles. The summed E-state index contributed by atoms with van der Waals surface area (Å²) >= 11 is 0. The number of rotatable bonds is 6. The maximum atomic E-state index is 9.84. The van der Waals surface area contributed by atoms with E-state index < -0.39 is 12.5 Å². The molecule has 1 aromatic rings. The van der Waals surface area contributed by atoms with E-state index in [2.05, 4.69) is 5.32 Å². The van der Waals surface area contributed by atoms with Crippen LogP contribution in [-0.2, 0) is 17.8 Å². The maximum Gasteiger partial charge on any atom is 0.214 e. The van der Waals surface area contributed by atoms with Crippen LogP contribution >= 0.6 is 0 Å². The van der Waals surface area contributed by atoms with Gasteiger partial charge < -0.3 is 20.7 Å². The summed E-state index contributed by atoms with van der Waals surface area (Å²) in [6.45, 7) is 0.999. The van der Waals surface area contributed by atoms with Crippen LogP contribution in [-0.4, -0.2) is 28.8 Å². The first-order valence-corrected chi connectivity index (χ1v) is 7.22. The minimum atomic E-state index is -1.06. The molecule has 0 aliphatic heterocycles. The molecule has 3 atom stereocenters. The molecule has 0 saturated heterocycles. The molecule has 112 valence electrons. The van der Waals surface area contributed by atoms with Gasteiger partial charge in [-0.3, -0.25) is 5.32 Å². The van der Waals surface area contributed by atoms with Crippen LogP contribution in [0.15, 0.2) is 24.3 Å². The van der Waals surface area contributed by atoms with E-state index in [1.54, 1.807) is 0 Å². The number of hydrogen-bond donors (Lipinski definition) is 4. The molecule has 0 amide bonds. The molecule has 1 aliphatic carbocycles. The van der Waals surface area contributed by atoms with Crippen LogP contribution in [0.2, 0.25) is 0 Å². The first kappa shape index (κ1) is 15.4. The highest BCUT2D eigenvalue weighted by molar-refractivity contribution is 5.23. The van der Waals surface area contributed by atoms with Crippen molar-refractivity contribution in [3.8, 4) is 0 Å². The third-order valence-corrected chi connectivity index (χ3v) is 3.68. The summed E-state index contributed by atoms with van der Waals surface area (Å²) in [7, 11) is 0. The van der Waals surface area contributed by atoms with Crippen molar-refractivity contribution >= 4 is 0 Å². The van der Waals surface area contributed by atoms with Gasteiger partial charge in [-0.2, -0.15) is 0 Å². The normalized spacial score (nSPS) is 24.6. The van der Waals surface area contributed by atoms with E-state index >= 15 is 0 Å². The van der Waals surface area contributed by atoms with Crippen LogP contribution in [0.4, 0.5) is 0 Å². The predicted molar refractivity (Wildman–Crippen MR) is 76.5 cm³/mol. The van der Waals surface area contributed by atoms with Gasteiger partial charge >= 0.3 is 0 Å². The molecule has 5 heteroatoms. The third kappa shape index (κ3) is 4.54. The zero-order valence-corrected chi connectivity index (χ0v) is 11.7. The van der Waals surface area contributed by atoms with Crippen molar-refractivity contribution in [2.45, 2.75) is 57.4 Å². The lowest BCUT2D eigenvalue weighted by Crippen LogP contribution is -2.41. The van der Waals surface area contributed by atoms with Crippen molar-refractivity contribution < 1.29 is 14.9 Å². The lowest BCUT2D eigenvalue weighted by molar-refractivity contribution is -0.188. The van der Waals surface area contributed by atoms with Crippen LogP contribution in [0.5, 0.6) is 0 Å². The van der Waals surface area contributed by atoms with Gasteiger partial charge in [0.05, 0.1) is 12.2 Å². The first-order valence-electron chi connectivity index (χ1n) is 7.22. The van der Waals surface area contributed by atoms with E-state index in [0.29, 0.717) is 13.1 Å². The van der Waals surface area contributed by atoms with Crippen LogP contribution in [0.1, 0.15) is 36.8 Å². The van der Waals surface area contributed by atoms with Gasteiger partial charge in [0.15, 0.2) is 0 Å². The lowest BCUT2D eigenvalue weighted by Gasteiger charge is -2.29. The molecule has 0 radical (unpaired) electrons. The quantitative estimate of drug-likeness (QED) is 0.580. The molecule has 1 aliphatic rings. The number of benzene rings is 1. The first-order chi connectivity index (χ1) is 9.69. The van der Waals surface area contributed by atoms with Crippen LogP contribution in [0, 0.1) is 0 Å². The smallest absolute Gasteiger partial charge is 0.214 e. The van der Waals surface area contributed by atoms with E-state index in [-0.39, 0.29) is 6.10 Å². The summed E-state index contributed by atoms with van der Waals surface area (Å²) < 4.78 is 5.45.